The van der Waals surface area contributed by atoms with E-state index >= 15 is 0 Å². The van der Waals surface area contributed by atoms with Crippen LogP contribution in [-0.4, -0.2) is 5.11 Å². The van der Waals surface area contributed by atoms with Crippen LogP contribution in [0.3, 0.4) is 0 Å². The van der Waals surface area contributed by atoms with E-state index in [-0.39, 0.29) is 0 Å². The van der Waals surface area contributed by atoms with Gasteiger partial charge in [0.1, 0.15) is 0 Å². The van der Waals surface area contributed by atoms with Crippen LogP contribution in [0.4, 0.5) is 0 Å². The summed E-state index contributed by atoms with van der Waals surface area (Å²) in [4.78, 5) is 0. The maximum atomic E-state index is 8.25. The van der Waals surface area contributed by atoms with E-state index in [0.717, 1.165) is 11.8 Å². The predicted molar refractivity (Wildman–Crippen MR) is 31.2 cm³/mol. The Morgan fingerprint density at radius 3 is 2.29 bits per heavy atom. The summed E-state index contributed by atoms with van der Waals surface area (Å²) in [7, 11) is 0. The summed E-state index contributed by atoms with van der Waals surface area (Å²) < 4.78 is 0. The molecule has 0 amide bonds. The molecule has 0 saturated carbocycles. The molecular weight excluding hydrogens is 88.1 g/mol. The molecular formula is C6H10O. The molecule has 0 spiro atoms. The van der Waals surface area contributed by atoms with Crippen LogP contribution >= 0.6 is 0 Å². The summed E-state index contributed by atoms with van der Waals surface area (Å²) in [6, 6.07) is 0. The lowest BCUT2D eigenvalue weighted by molar-refractivity contribution is 0.469. The Morgan fingerprint density at radius 2 is 2.14 bits per heavy atom. The second-order valence-corrected chi connectivity index (χ2v) is 1.37. The Balaban J connectivity index is 3.58. The third-order valence-corrected chi connectivity index (χ3v) is 0.633. The number of hydrogen-bond acceptors (Lipinski definition) is 1. The molecule has 0 heterocycles. The molecule has 1 N–H and O–H groups in total. The van der Waals surface area contributed by atoms with Crippen LogP contribution in [0.2, 0.25) is 0 Å². The van der Waals surface area contributed by atoms with E-state index in [1.54, 1.807) is 0 Å². The van der Waals surface area contributed by atoms with Gasteiger partial charge in [-0.15, -0.1) is 0 Å². The van der Waals surface area contributed by atoms with Gasteiger partial charge in [0.15, 0.2) is 0 Å². The highest BCUT2D eigenvalue weighted by molar-refractivity contribution is 5.11. The Labute approximate surface area is 44.0 Å². The third-order valence-electron chi connectivity index (χ3n) is 0.633. The van der Waals surface area contributed by atoms with Crippen molar-refractivity contribution in [2.75, 3.05) is 0 Å². The second kappa shape index (κ2) is 3.47. The Kier molecular flexibility index (Phi) is 3.11. The van der Waals surface area contributed by atoms with Gasteiger partial charge < -0.3 is 5.11 Å². The zero-order chi connectivity index (χ0) is 5.70. The maximum absolute atomic E-state index is 8.25. The van der Waals surface area contributed by atoms with Crippen molar-refractivity contribution < 1.29 is 5.11 Å². The van der Waals surface area contributed by atoms with E-state index in [1.165, 1.54) is 0 Å². The quantitative estimate of drug-likeness (QED) is 0.393. The van der Waals surface area contributed by atoms with Crippen molar-refractivity contribution in [1.29, 1.82) is 0 Å². The molecule has 1 nitrogen and oxygen atoms in total. The number of rotatable bonds is 1. The molecule has 0 radical (unpaired) electrons. The van der Waals surface area contributed by atoms with E-state index in [4.69, 9.17) is 5.11 Å². The van der Waals surface area contributed by atoms with Crippen molar-refractivity contribution >= 4 is 0 Å². The number of allylic oxidation sites excluding steroid dienone is 3. The molecule has 0 saturated heterocycles. The topological polar surface area (TPSA) is 20.2 Å². The molecule has 0 aromatic rings. The van der Waals surface area contributed by atoms with Crippen molar-refractivity contribution in [3.05, 3.63) is 24.0 Å². The average Bonchev–Trinajstić information content (AvgIpc) is 1.68. The molecule has 0 aromatic carbocycles. The first kappa shape index (κ1) is 6.28. The van der Waals surface area contributed by atoms with Crippen molar-refractivity contribution in [3.63, 3.8) is 0 Å². The minimum absolute atomic E-state index is 0.877. The molecule has 0 bridgehead atoms. The first-order valence-corrected chi connectivity index (χ1v) is 2.25. The molecule has 0 atom stereocenters. The monoisotopic (exact) mass is 98.1 g/mol. The Hall–Kier alpha value is -0.720. The van der Waals surface area contributed by atoms with Crippen LogP contribution in [0.1, 0.15) is 13.8 Å². The van der Waals surface area contributed by atoms with Gasteiger partial charge in [0.2, 0.25) is 0 Å². The van der Waals surface area contributed by atoms with E-state index in [2.05, 4.69) is 0 Å². The van der Waals surface area contributed by atoms with Crippen molar-refractivity contribution in [2.45, 2.75) is 13.8 Å². The van der Waals surface area contributed by atoms with Gasteiger partial charge in [-0.2, -0.15) is 0 Å². The molecule has 0 aliphatic carbocycles. The number of aliphatic hydroxyl groups excluding tert-OH is 1. The zero-order valence-corrected chi connectivity index (χ0v) is 4.68. The lowest BCUT2D eigenvalue weighted by Crippen LogP contribution is -1.62. The average molecular weight is 98.1 g/mol. The smallest absolute Gasteiger partial charge is 0.0820 e. The Morgan fingerprint density at radius 1 is 1.57 bits per heavy atom. The first-order valence-electron chi connectivity index (χ1n) is 2.25. The lowest BCUT2D eigenvalue weighted by Gasteiger charge is -1.80. The van der Waals surface area contributed by atoms with Crippen LogP contribution in [-0.2, 0) is 0 Å². The highest BCUT2D eigenvalue weighted by Gasteiger charge is 1.71. The van der Waals surface area contributed by atoms with Gasteiger partial charge in [-0.1, -0.05) is 12.2 Å². The van der Waals surface area contributed by atoms with Gasteiger partial charge in [-0.25, -0.2) is 0 Å². The van der Waals surface area contributed by atoms with E-state index in [9.17, 15) is 0 Å². The van der Waals surface area contributed by atoms with Crippen LogP contribution in [0.15, 0.2) is 24.0 Å². The summed E-state index contributed by atoms with van der Waals surface area (Å²) in [5.74, 6) is 0. The summed E-state index contributed by atoms with van der Waals surface area (Å²) in [5.41, 5.74) is 0.877. The number of aliphatic hydroxyl groups is 1. The van der Waals surface area contributed by atoms with Gasteiger partial charge in [0.25, 0.3) is 0 Å². The molecule has 0 fully saturated rings. The zero-order valence-electron chi connectivity index (χ0n) is 4.68. The van der Waals surface area contributed by atoms with Crippen LogP contribution in [0.5, 0.6) is 0 Å². The highest BCUT2D eigenvalue weighted by atomic mass is 16.2. The fraction of sp³-hybridized carbons (Fsp3) is 0.333. The van der Waals surface area contributed by atoms with Crippen LogP contribution in [0, 0.1) is 0 Å². The minimum atomic E-state index is 0.877. The standard InChI is InChI=1S/C6H10O/c1-3-4-6(2)5-7/h3-5,7H,1-2H3/b4-3+,6-5+. The molecule has 0 rings (SSSR count). The molecule has 0 aliphatic heterocycles. The number of hydrogen-bond donors (Lipinski definition) is 1. The van der Waals surface area contributed by atoms with Gasteiger partial charge in [-0.05, 0) is 19.4 Å². The summed E-state index contributed by atoms with van der Waals surface area (Å²) in [5, 5.41) is 8.25. The van der Waals surface area contributed by atoms with Gasteiger partial charge in [-0.3, -0.25) is 0 Å². The maximum Gasteiger partial charge on any atom is 0.0820 e. The molecule has 40 valence electrons. The van der Waals surface area contributed by atoms with E-state index in [1.807, 2.05) is 26.0 Å². The lowest BCUT2D eigenvalue weighted by atomic mass is 10.3. The normalized spacial score (nSPS) is 13.1. The minimum Gasteiger partial charge on any atom is -0.515 e. The van der Waals surface area contributed by atoms with Crippen LogP contribution < -0.4 is 0 Å². The third kappa shape index (κ3) is 3.10. The molecule has 0 aliphatic rings. The van der Waals surface area contributed by atoms with Gasteiger partial charge in [0, 0.05) is 0 Å². The highest BCUT2D eigenvalue weighted by Crippen LogP contribution is 1.89. The van der Waals surface area contributed by atoms with E-state index in [0.29, 0.717) is 0 Å². The molecule has 0 unspecified atom stereocenters. The van der Waals surface area contributed by atoms with Crippen molar-refractivity contribution in [2.24, 2.45) is 0 Å². The second-order valence-electron chi connectivity index (χ2n) is 1.37. The molecule has 7 heavy (non-hydrogen) atoms. The van der Waals surface area contributed by atoms with Gasteiger partial charge in [0.05, 0.1) is 6.26 Å². The SMILES string of the molecule is C/C=C/C(C)=C/O. The van der Waals surface area contributed by atoms with Crippen molar-refractivity contribution in [1.82, 2.24) is 0 Å². The predicted octanol–water partition coefficient (Wildman–Crippen LogP) is 2.02. The fourth-order valence-electron chi connectivity index (χ4n) is 0.306. The summed E-state index contributed by atoms with van der Waals surface area (Å²) in [6.45, 7) is 3.74. The summed E-state index contributed by atoms with van der Waals surface area (Å²) >= 11 is 0. The first-order chi connectivity index (χ1) is 3.31. The largest absolute Gasteiger partial charge is 0.515 e. The fourth-order valence-corrected chi connectivity index (χ4v) is 0.306. The summed E-state index contributed by atoms with van der Waals surface area (Å²) in [6.07, 6.45) is 4.79. The van der Waals surface area contributed by atoms with Crippen molar-refractivity contribution in [3.8, 4) is 0 Å². The molecule has 0 aromatic heterocycles. The molecule has 1 heteroatoms. The van der Waals surface area contributed by atoms with Gasteiger partial charge >= 0.3 is 0 Å². The Bertz CT molecular complexity index is 90.4. The van der Waals surface area contributed by atoms with E-state index < -0.39 is 0 Å². The van der Waals surface area contributed by atoms with Crippen LogP contribution in [0.25, 0.3) is 0 Å².